The number of rotatable bonds is 5. The van der Waals surface area contributed by atoms with Crippen LogP contribution >= 0.6 is 0 Å². The molecule has 0 saturated carbocycles. The van der Waals surface area contributed by atoms with Crippen molar-refractivity contribution in [2.75, 3.05) is 7.05 Å². The highest BCUT2D eigenvalue weighted by molar-refractivity contribution is 5.92. The van der Waals surface area contributed by atoms with E-state index in [0.717, 1.165) is 0 Å². The molecule has 0 radical (unpaired) electrons. The Morgan fingerprint density at radius 1 is 0.897 bits per heavy atom. The molecule has 0 aliphatic carbocycles. The quantitative estimate of drug-likeness (QED) is 0.446. The molecule has 0 fully saturated rings. The number of fused-ring (bicyclic) bond motifs is 1. The van der Waals surface area contributed by atoms with E-state index in [2.05, 4.69) is 112 Å². The minimum atomic E-state index is 0.459. The summed E-state index contributed by atoms with van der Waals surface area (Å²) in [5, 5.41) is 5.78. The third kappa shape index (κ3) is 6.58. The molecule has 0 spiro atoms. The van der Waals surface area contributed by atoms with Crippen LogP contribution in [0.4, 0.5) is 0 Å². The number of nitrogens with one attached hydrogen (secondary N) is 1. The highest BCUT2D eigenvalue weighted by Crippen LogP contribution is 2.24. The molecule has 29 heavy (non-hydrogen) atoms. The second-order valence-electron chi connectivity index (χ2n) is 7.42. The van der Waals surface area contributed by atoms with Crippen LogP contribution in [0.15, 0.2) is 96.6 Å². The minimum absolute atomic E-state index is 0.459. The van der Waals surface area contributed by atoms with Gasteiger partial charge in [-0.1, -0.05) is 103 Å². The molecular weight excluding hydrogens is 350 g/mol. The zero-order valence-electron chi connectivity index (χ0n) is 18.4. The molecule has 1 unspecified atom stereocenters. The van der Waals surface area contributed by atoms with Crippen molar-refractivity contribution in [3.05, 3.63) is 113 Å². The van der Waals surface area contributed by atoms with Gasteiger partial charge in [-0.15, -0.1) is 0 Å². The van der Waals surface area contributed by atoms with E-state index in [1.807, 2.05) is 19.2 Å². The Morgan fingerprint density at radius 3 is 2.21 bits per heavy atom. The SMILES string of the molecule is C=C/C(C)=C\C(C)=C\c1c(C)ccc2ccccc12.CNC(C)c1ccccc1. The van der Waals surface area contributed by atoms with Crippen LogP contribution in [0.25, 0.3) is 16.8 Å². The first-order valence-electron chi connectivity index (χ1n) is 10.2. The Labute approximate surface area is 176 Å². The summed E-state index contributed by atoms with van der Waals surface area (Å²) in [5.41, 5.74) is 6.39. The molecule has 1 N–H and O–H groups in total. The summed E-state index contributed by atoms with van der Waals surface area (Å²) >= 11 is 0. The molecule has 3 aromatic carbocycles. The maximum atomic E-state index is 3.79. The average molecular weight is 384 g/mol. The molecule has 1 heteroatoms. The van der Waals surface area contributed by atoms with Crippen LogP contribution in [-0.2, 0) is 0 Å². The zero-order chi connectivity index (χ0) is 21.2. The Hall–Kier alpha value is -2.90. The summed E-state index contributed by atoms with van der Waals surface area (Å²) in [6.07, 6.45) is 6.30. The molecular formula is C28H33N. The second-order valence-corrected chi connectivity index (χ2v) is 7.42. The molecule has 1 nitrogen and oxygen atoms in total. The van der Waals surface area contributed by atoms with Crippen LogP contribution in [0, 0.1) is 6.92 Å². The first kappa shape index (κ1) is 22.4. The number of hydrogen-bond acceptors (Lipinski definition) is 1. The van der Waals surface area contributed by atoms with Crippen LogP contribution in [-0.4, -0.2) is 7.05 Å². The van der Waals surface area contributed by atoms with Gasteiger partial charge in [0.15, 0.2) is 0 Å². The van der Waals surface area contributed by atoms with Crippen LogP contribution in [0.2, 0.25) is 0 Å². The minimum Gasteiger partial charge on any atom is -0.313 e. The summed E-state index contributed by atoms with van der Waals surface area (Å²) in [4.78, 5) is 0. The Morgan fingerprint density at radius 2 is 1.55 bits per heavy atom. The van der Waals surface area contributed by atoms with Crippen molar-refractivity contribution >= 4 is 16.8 Å². The van der Waals surface area contributed by atoms with Crippen molar-refractivity contribution in [3.63, 3.8) is 0 Å². The van der Waals surface area contributed by atoms with E-state index in [9.17, 15) is 0 Å². The number of allylic oxidation sites excluding steroid dienone is 4. The van der Waals surface area contributed by atoms with Gasteiger partial charge >= 0.3 is 0 Å². The van der Waals surface area contributed by atoms with E-state index in [1.54, 1.807) is 0 Å². The third-order valence-corrected chi connectivity index (χ3v) is 5.07. The van der Waals surface area contributed by atoms with Crippen molar-refractivity contribution in [1.29, 1.82) is 0 Å². The molecule has 3 rings (SSSR count). The zero-order valence-corrected chi connectivity index (χ0v) is 18.4. The molecule has 3 aromatic rings. The van der Waals surface area contributed by atoms with Crippen molar-refractivity contribution in [2.45, 2.75) is 33.7 Å². The van der Waals surface area contributed by atoms with E-state index in [4.69, 9.17) is 0 Å². The first-order chi connectivity index (χ1) is 14.0. The van der Waals surface area contributed by atoms with Crippen molar-refractivity contribution in [3.8, 4) is 0 Å². The summed E-state index contributed by atoms with van der Waals surface area (Å²) in [6, 6.07) is 23.8. The maximum Gasteiger partial charge on any atom is 0.0289 e. The highest BCUT2D eigenvalue weighted by Gasteiger charge is 2.02. The maximum absolute atomic E-state index is 3.79. The predicted molar refractivity (Wildman–Crippen MR) is 130 cm³/mol. The third-order valence-electron chi connectivity index (χ3n) is 5.07. The van der Waals surface area contributed by atoms with Gasteiger partial charge in [0.2, 0.25) is 0 Å². The molecule has 0 aliphatic heterocycles. The summed E-state index contributed by atoms with van der Waals surface area (Å²) in [7, 11) is 1.97. The predicted octanol–water partition coefficient (Wildman–Crippen LogP) is 7.65. The first-order valence-corrected chi connectivity index (χ1v) is 10.2. The molecule has 0 heterocycles. The van der Waals surface area contributed by atoms with Gasteiger partial charge in [-0.2, -0.15) is 0 Å². The standard InChI is InChI=1S/C19H20.C9H13N/c1-5-14(2)12-15(3)13-19-16(4)10-11-17-8-6-7-9-18(17)19;1-8(10-2)9-6-4-3-5-7-9/h5-13H,1H2,2-4H3;3-8,10H,1-2H3/b14-12-,15-13+;. The van der Waals surface area contributed by atoms with Gasteiger partial charge in [0.25, 0.3) is 0 Å². The van der Waals surface area contributed by atoms with E-state index in [-0.39, 0.29) is 0 Å². The smallest absolute Gasteiger partial charge is 0.0289 e. The van der Waals surface area contributed by atoms with Crippen LogP contribution in [0.5, 0.6) is 0 Å². The van der Waals surface area contributed by atoms with Gasteiger partial charge in [0, 0.05) is 6.04 Å². The normalized spacial score (nSPS) is 12.9. The lowest BCUT2D eigenvalue weighted by atomic mass is 9.97. The Balaban J connectivity index is 0.000000253. The summed E-state index contributed by atoms with van der Waals surface area (Å²) in [5.74, 6) is 0. The van der Waals surface area contributed by atoms with Gasteiger partial charge in [0.1, 0.15) is 0 Å². The molecule has 1 atom stereocenters. The lowest BCUT2D eigenvalue weighted by Crippen LogP contribution is -2.11. The molecule has 150 valence electrons. The van der Waals surface area contributed by atoms with Crippen LogP contribution in [0.1, 0.15) is 43.5 Å². The number of benzene rings is 3. The topological polar surface area (TPSA) is 12.0 Å². The van der Waals surface area contributed by atoms with Crippen molar-refractivity contribution in [2.24, 2.45) is 0 Å². The van der Waals surface area contributed by atoms with Gasteiger partial charge in [-0.05, 0) is 62.2 Å². The fourth-order valence-corrected chi connectivity index (χ4v) is 3.19. The van der Waals surface area contributed by atoms with Gasteiger partial charge in [-0.25, -0.2) is 0 Å². The van der Waals surface area contributed by atoms with Gasteiger partial charge < -0.3 is 5.32 Å². The number of hydrogen-bond donors (Lipinski definition) is 1. The van der Waals surface area contributed by atoms with E-state index < -0.39 is 0 Å². The fourth-order valence-electron chi connectivity index (χ4n) is 3.19. The molecule has 0 bridgehead atoms. The molecule has 0 saturated heterocycles. The molecule has 0 amide bonds. The fraction of sp³-hybridized carbons (Fsp3) is 0.214. The van der Waals surface area contributed by atoms with E-state index >= 15 is 0 Å². The Kier molecular flexibility index (Phi) is 8.64. The van der Waals surface area contributed by atoms with Gasteiger partial charge in [0.05, 0.1) is 0 Å². The molecule has 0 aromatic heterocycles. The largest absolute Gasteiger partial charge is 0.313 e. The monoisotopic (exact) mass is 383 g/mol. The van der Waals surface area contributed by atoms with Crippen molar-refractivity contribution < 1.29 is 0 Å². The van der Waals surface area contributed by atoms with E-state index in [0.29, 0.717) is 6.04 Å². The average Bonchev–Trinajstić information content (AvgIpc) is 2.76. The highest BCUT2D eigenvalue weighted by atomic mass is 14.8. The Bertz CT molecular complexity index is 993. The van der Waals surface area contributed by atoms with E-state index in [1.165, 1.54) is 38.6 Å². The van der Waals surface area contributed by atoms with Crippen LogP contribution < -0.4 is 5.32 Å². The lowest BCUT2D eigenvalue weighted by molar-refractivity contribution is 0.652. The summed E-state index contributed by atoms with van der Waals surface area (Å²) < 4.78 is 0. The second kappa shape index (κ2) is 11.2. The van der Waals surface area contributed by atoms with Crippen molar-refractivity contribution in [1.82, 2.24) is 5.32 Å². The van der Waals surface area contributed by atoms with Gasteiger partial charge in [-0.3, -0.25) is 0 Å². The number of aryl methyl sites for hydroxylation is 1. The summed E-state index contributed by atoms with van der Waals surface area (Å²) in [6.45, 7) is 12.3. The molecule has 0 aliphatic rings. The lowest BCUT2D eigenvalue weighted by Gasteiger charge is -2.08. The van der Waals surface area contributed by atoms with Crippen LogP contribution in [0.3, 0.4) is 0 Å².